The van der Waals surface area contributed by atoms with Crippen LogP contribution >= 0.6 is 23.2 Å². The smallest absolute Gasteiger partial charge is 0.151 e. The Morgan fingerprint density at radius 1 is 1.25 bits per heavy atom. The molecule has 102 valence electrons. The number of halogens is 3. The summed E-state index contributed by atoms with van der Waals surface area (Å²) in [4.78, 5) is 4.32. The number of rotatable bonds is 1. The number of hydrogen-bond donors (Lipinski definition) is 1. The van der Waals surface area contributed by atoms with Gasteiger partial charge in [-0.25, -0.2) is 9.37 Å². The van der Waals surface area contributed by atoms with E-state index in [2.05, 4.69) is 4.98 Å². The third-order valence-corrected chi connectivity index (χ3v) is 3.73. The fourth-order valence-corrected chi connectivity index (χ4v) is 2.68. The van der Waals surface area contributed by atoms with Gasteiger partial charge in [0.25, 0.3) is 0 Å². The lowest BCUT2D eigenvalue weighted by molar-refractivity contribution is 0.637. The Kier molecular flexibility index (Phi) is 3.07. The molecular weight excluding hydrogens is 300 g/mol. The van der Waals surface area contributed by atoms with E-state index in [-0.39, 0.29) is 5.82 Å². The molecule has 1 aromatic heterocycles. The van der Waals surface area contributed by atoms with Crippen molar-refractivity contribution in [2.24, 2.45) is 7.05 Å². The molecule has 0 atom stereocenters. The average molecular weight is 310 g/mol. The minimum atomic E-state index is -0.379. The van der Waals surface area contributed by atoms with Crippen molar-refractivity contribution in [3.8, 4) is 11.4 Å². The van der Waals surface area contributed by atoms with Gasteiger partial charge in [-0.1, -0.05) is 29.3 Å². The van der Waals surface area contributed by atoms with Crippen LogP contribution in [0.25, 0.3) is 22.4 Å². The first-order valence-electron chi connectivity index (χ1n) is 5.85. The molecule has 0 aliphatic carbocycles. The third kappa shape index (κ3) is 1.92. The predicted octanol–water partition coefficient (Wildman–Crippen LogP) is 4.27. The third-order valence-electron chi connectivity index (χ3n) is 3.20. The number of hydrogen-bond acceptors (Lipinski definition) is 2. The molecule has 2 aromatic carbocycles. The van der Waals surface area contributed by atoms with Crippen LogP contribution in [0.5, 0.6) is 0 Å². The normalized spacial score (nSPS) is 11.2. The van der Waals surface area contributed by atoms with E-state index in [1.54, 1.807) is 35.9 Å². The van der Waals surface area contributed by atoms with E-state index < -0.39 is 0 Å². The van der Waals surface area contributed by atoms with E-state index in [9.17, 15) is 4.39 Å². The van der Waals surface area contributed by atoms with E-state index in [1.807, 2.05) is 0 Å². The standard InChI is InChI=1S/C14H10Cl2FN3/c1-20-11-4-2-3-10(17)13(11)19-14(20)8-5-7(15)6-9(16)12(8)18/h2-6H,18H2,1H3. The van der Waals surface area contributed by atoms with Crippen molar-refractivity contribution in [2.75, 3.05) is 5.73 Å². The Morgan fingerprint density at radius 3 is 2.70 bits per heavy atom. The van der Waals surface area contributed by atoms with E-state index in [0.29, 0.717) is 38.2 Å². The summed E-state index contributed by atoms with van der Waals surface area (Å²) in [5.41, 5.74) is 7.90. The molecule has 0 amide bonds. The van der Waals surface area contributed by atoms with Crippen molar-refractivity contribution in [3.05, 3.63) is 46.2 Å². The topological polar surface area (TPSA) is 43.8 Å². The van der Waals surface area contributed by atoms with E-state index >= 15 is 0 Å². The molecule has 2 N–H and O–H groups in total. The molecule has 0 spiro atoms. The summed E-state index contributed by atoms with van der Waals surface area (Å²) >= 11 is 12.0. The van der Waals surface area contributed by atoms with Gasteiger partial charge in [-0.2, -0.15) is 0 Å². The highest BCUT2D eigenvalue weighted by atomic mass is 35.5. The lowest BCUT2D eigenvalue weighted by Crippen LogP contribution is -1.97. The maximum Gasteiger partial charge on any atom is 0.151 e. The van der Waals surface area contributed by atoms with E-state index in [1.165, 1.54) is 6.07 Å². The van der Waals surface area contributed by atoms with Gasteiger partial charge in [-0.3, -0.25) is 0 Å². The van der Waals surface area contributed by atoms with Crippen molar-refractivity contribution in [1.82, 2.24) is 9.55 Å². The van der Waals surface area contributed by atoms with Gasteiger partial charge >= 0.3 is 0 Å². The highest BCUT2D eigenvalue weighted by Gasteiger charge is 2.16. The lowest BCUT2D eigenvalue weighted by atomic mass is 10.1. The number of aromatic nitrogens is 2. The summed E-state index contributed by atoms with van der Waals surface area (Å²) in [7, 11) is 1.79. The van der Waals surface area contributed by atoms with Gasteiger partial charge in [0.2, 0.25) is 0 Å². The van der Waals surface area contributed by atoms with Crippen LogP contribution in [0.15, 0.2) is 30.3 Å². The Bertz CT molecular complexity index is 827. The predicted molar refractivity (Wildman–Crippen MR) is 80.5 cm³/mol. The number of anilines is 1. The second-order valence-corrected chi connectivity index (χ2v) is 5.29. The molecule has 20 heavy (non-hydrogen) atoms. The highest BCUT2D eigenvalue weighted by molar-refractivity contribution is 6.37. The van der Waals surface area contributed by atoms with Gasteiger partial charge in [0.05, 0.1) is 16.2 Å². The Balaban J connectivity index is 2.36. The van der Waals surface area contributed by atoms with Crippen LogP contribution in [0.4, 0.5) is 10.1 Å². The van der Waals surface area contributed by atoms with Crippen LogP contribution in [0.3, 0.4) is 0 Å². The van der Waals surface area contributed by atoms with Crippen LogP contribution in [-0.4, -0.2) is 9.55 Å². The number of imidazole rings is 1. The Labute approximate surface area is 124 Å². The number of benzene rings is 2. The van der Waals surface area contributed by atoms with Crippen molar-refractivity contribution >= 4 is 39.9 Å². The van der Waals surface area contributed by atoms with Crippen LogP contribution in [0, 0.1) is 5.82 Å². The van der Waals surface area contributed by atoms with Crippen LogP contribution in [0.1, 0.15) is 0 Å². The second kappa shape index (κ2) is 4.65. The van der Waals surface area contributed by atoms with Crippen LogP contribution in [0.2, 0.25) is 10.0 Å². The quantitative estimate of drug-likeness (QED) is 0.682. The summed E-state index contributed by atoms with van der Waals surface area (Å²) < 4.78 is 15.6. The molecular formula is C14H10Cl2FN3. The molecule has 0 bridgehead atoms. The molecule has 0 radical (unpaired) electrons. The first-order chi connectivity index (χ1) is 9.49. The maximum absolute atomic E-state index is 13.8. The largest absolute Gasteiger partial charge is 0.397 e. The fraction of sp³-hybridized carbons (Fsp3) is 0.0714. The first kappa shape index (κ1) is 13.2. The number of nitrogen functional groups attached to an aromatic ring is 1. The maximum atomic E-state index is 13.8. The second-order valence-electron chi connectivity index (χ2n) is 4.45. The van der Waals surface area contributed by atoms with Crippen molar-refractivity contribution in [2.45, 2.75) is 0 Å². The molecule has 0 saturated carbocycles. The van der Waals surface area contributed by atoms with Crippen LogP contribution < -0.4 is 5.73 Å². The summed E-state index contributed by atoms with van der Waals surface area (Å²) in [6.45, 7) is 0. The molecule has 0 aliphatic heterocycles. The molecule has 0 aliphatic rings. The molecule has 0 unspecified atom stereocenters. The molecule has 3 rings (SSSR count). The van der Waals surface area contributed by atoms with Gasteiger partial charge in [0.1, 0.15) is 11.3 Å². The molecule has 6 heteroatoms. The zero-order valence-corrected chi connectivity index (χ0v) is 12.0. The van der Waals surface area contributed by atoms with Gasteiger partial charge in [-0.05, 0) is 24.3 Å². The minimum absolute atomic E-state index is 0.292. The van der Waals surface area contributed by atoms with Gasteiger partial charge in [-0.15, -0.1) is 0 Å². The van der Waals surface area contributed by atoms with E-state index in [4.69, 9.17) is 28.9 Å². The SMILES string of the molecule is Cn1c(-c2cc(Cl)cc(Cl)c2N)nc2c(F)cccc21. The Morgan fingerprint density at radius 2 is 2.00 bits per heavy atom. The number of nitrogens with two attached hydrogens (primary N) is 1. The fourth-order valence-electron chi connectivity index (χ4n) is 2.19. The minimum Gasteiger partial charge on any atom is -0.397 e. The van der Waals surface area contributed by atoms with Crippen molar-refractivity contribution in [1.29, 1.82) is 0 Å². The zero-order chi connectivity index (χ0) is 14.4. The monoisotopic (exact) mass is 309 g/mol. The molecule has 3 aromatic rings. The highest BCUT2D eigenvalue weighted by Crippen LogP contribution is 2.35. The average Bonchev–Trinajstić information content (AvgIpc) is 2.73. The number of aryl methyl sites for hydroxylation is 1. The van der Waals surface area contributed by atoms with Gasteiger partial charge in [0.15, 0.2) is 5.82 Å². The van der Waals surface area contributed by atoms with Gasteiger partial charge < -0.3 is 10.3 Å². The van der Waals surface area contributed by atoms with Gasteiger partial charge in [0, 0.05) is 17.6 Å². The summed E-state index contributed by atoms with van der Waals surface area (Å²) in [6.07, 6.45) is 0. The van der Waals surface area contributed by atoms with Crippen molar-refractivity contribution < 1.29 is 4.39 Å². The Hall–Kier alpha value is -1.78. The van der Waals surface area contributed by atoms with Crippen LogP contribution in [-0.2, 0) is 7.05 Å². The summed E-state index contributed by atoms with van der Waals surface area (Å²) in [5, 5.41) is 0.798. The number of fused-ring (bicyclic) bond motifs is 1. The molecule has 0 saturated heterocycles. The summed E-state index contributed by atoms with van der Waals surface area (Å²) in [6, 6.07) is 8.02. The first-order valence-corrected chi connectivity index (χ1v) is 6.60. The number of nitrogens with zero attached hydrogens (tertiary/aromatic N) is 2. The molecule has 3 nitrogen and oxygen atoms in total. The number of para-hydroxylation sites is 1. The van der Waals surface area contributed by atoms with Crippen molar-refractivity contribution in [3.63, 3.8) is 0 Å². The summed E-state index contributed by atoms with van der Waals surface area (Å²) in [5.74, 6) is 0.142. The zero-order valence-electron chi connectivity index (χ0n) is 10.5. The lowest BCUT2D eigenvalue weighted by Gasteiger charge is -2.08. The van der Waals surface area contributed by atoms with E-state index in [0.717, 1.165) is 0 Å². The molecule has 1 heterocycles. The molecule has 0 fully saturated rings.